The highest BCUT2D eigenvalue weighted by molar-refractivity contribution is 5.29. The maximum atomic E-state index is 10.6. The fourth-order valence-electron chi connectivity index (χ4n) is 2.42. The first-order valence-corrected chi connectivity index (χ1v) is 7.22. The van der Waals surface area contributed by atoms with Gasteiger partial charge in [0.25, 0.3) is 0 Å². The molecule has 1 heterocycles. The minimum atomic E-state index is -0.652. The number of benzene rings is 1. The third-order valence-corrected chi connectivity index (χ3v) is 3.68. The molecule has 0 aliphatic carbocycles. The fraction of sp³-hybridized carbons (Fsp3) is 0.333. The van der Waals surface area contributed by atoms with E-state index in [0.717, 1.165) is 18.4 Å². The lowest BCUT2D eigenvalue weighted by Gasteiger charge is -2.20. The van der Waals surface area contributed by atoms with Crippen molar-refractivity contribution in [1.29, 1.82) is 0 Å². The third kappa shape index (κ3) is 3.40. The molecular weight excluding hydrogens is 248 g/mol. The SMILES string of the molecule is CCC(=CC(c1ccccc1)C(O)c1ccco1)CC. The van der Waals surface area contributed by atoms with Gasteiger partial charge in [-0.05, 0) is 30.5 Å². The summed E-state index contributed by atoms with van der Waals surface area (Å²) in [5.74, 6) is 0.541. The van der Waals surface area contributed by atoms with Crippen molar-refractivity contribution < 1.29 is 9.52 Å². The third-order valence-electron chi connectivity index (χ3n) is 3.68. The van der Waals surface area contributed by atoms with Crippen LogP contribution in [0.4, 0.5) is 0 Å². The average Bonchev–Trinajstić information content (AvgIpc) is 3.03. The first-order chi connectivity index (χ1) is 9.76. The van der Waals surface area contributed by atoms with Gasteiger partial charge in [0.05, 0.1) is 6.26 Å². The van der Waals surface area contributed by atoms with Gasteiger partial charge in [0.1, 0.15) is 11.9 Å². The lowest BCUT2D eigenvalue weighted by Crippen LogP contribution is -2.09. The molecule has 0 saturated heterocycles. The Hall–Kier alpha value is -1.80. The molecule has 0 radical (unpaired) electrons. The molecule has 2 aromatic rings. The van der Waals surface area contributed by atoms with Gasteiger partial charge >= 0.3 is 0 Å². The Morgan fingerprint density at radius 3 is 2.35 bits per heavy atom. The summed E-state index contributed by atoms with van der Waals surface area (Å²) in [6.07, 6.45) is 5.14. The van der Waals surface area contributed by atoms with Crippen LogP contribution in [-0.2, 0) is 0 Å². The largest absolute Gasteiger partial charge is 0.467 e. The molecule has 0 amide bonds. The molecule has 0 saturated carbocycles. The van der Waals surface area contributed by atoms with E-state index >= 15 is 0 Å². The van der Waals surface area contributed by atoms with Crippen molar-refractivity contribution in [2.24, 2.45) is 0 Å². The van der Waals surface area contributed by atoms with Crippen LogP contribution in [0, 0.1) is 0 Å². The topological polar surface area (TPSA) is 33.4 Å². The van der Waals surface area contributed by atoms with Crippen LogP contribution in [0.5, 0.6) is 0 Å². The van der Waals surface area contributed by atoms with Crippen LogP contribution in [-0.4, -0.2) is 5.11 Å². The minimum absolute atomic E-state index is 0.0720. The van der Waals surface area contributed by atoms with Crippen LogP contribution in [0.25, 0.3) is 0 Å². The van der Waals surface area contributed by atoms with Gasteiger partial charge in [0.2, 0.25) is 0 Å². The Morgan fingerprint density at radius 2 is 1.80 bits per heavy atom. The highest BCUT2D eigenvalue weighted by Crippen LogP contribution is 2.34. The first-order valence-electron chi connectivity index (χ1n) is 7.22. The second-order valence-corrected chi connectivity index (χ2v) is 4.93. The molecule has 0 fully saturated rings. The quantitative estimate of drug-likeness (QED) is 0.762. The number of hydrogen-bond donors (Lipinski definition) is 1. The van der Waals surface area contributed by atoms with Crippen molar-refractivity contribution in [3.05, 3.63) is 71.7 Å². The zero-order valence-corrected chi connectivity index (χ0v) is 12.1. The summed E-state index contributed by atoms with van der Waals surface area (Å²) < 4.78 is 5.37. The second-order valence-electron chi connectivity index (χ2n) is 4.93. The lowest BCUT2D eigenvalue weighted by molar-refractivity contribution is 0.134. The summed E-state index contributed by atoms with van der Waals surface area (Å²) >= 11 is 0. The predicted molar refractivity (Wildman–Crippen MR) is 81.5 cm³/mol. The molecule has 2 nitrogen and oxygen atoms in total. The number of allylic oxidation sites excluding steroid dienone is 1. The Balaban J connectivity index is 2.36. The summed E-state index contributed by atoms with van der Waals surface area (Å²) in [4.78, 5) is 0. The molecule has 1 aromatic carbocycles. The number of aliphatic hydroxyl groups is 1. The van der Waals surface area contributed by atoms with E-state index in [2.05, 4.69) is 32.1 Å². The Bertz CT molecular complexity index is 520. The van der Waals surface area contributed by atoms with Gasteiger partial charge in [-0.1, -0.05) is 55.8 Å². The summed E-state index contributed by atoms with van der Waals surface area (Å²) in [7, 11) is 0. The highest BCUT2D eigenvalue weighted by Gasteiger charge is 2.23. The maximum absolute atomic E-state index is 10.6. The van der Waals surface area contributed by atoms with E-state index in [1.54, 1.807) is 6.26 Å². The predicted octanol–water partition coefficient (Wildman–Crippen LogP) is 4.84. The van der Waals surface area contributed by atoms with Crippen molar-refractivity contribution in [1.82, 2.24) is 0 Å². The summed E-state index contributed by atoms with van der Waals surface area (Å²) in [6.45, 7) is 4.30. The van der Waals surface area contributed by atoms with E-state index in [1.165, 1.54) is 5.57 Å². The molecule has 2 heteroatoms. The van der Waals surface area contributed by atoms with Gasteiger partial charge < -0.3 is 9.52 Å². The number of hydrogen-bond acceptors (Lipinski definition) is 2. The monoisotopic (exact) mass is 270 g/mol. The number of aliphatic hydroxyl groups excluding tert-OH is 1. The van der Waals surface area contributed by atoms with Gasteiger partial charge in [-0.2, -0.15) is 0 Å². The van der Waals surface area contributed by atoms with Gasteiger partial charge in [0, 0.05) is 5.92 Å². The zero-order valence-electron chi connectivity index (χ0n) is 12.1. The Morgan fingerprint density at radius 1 is 1.10 bits per heavy atom. The summed E-state index contributed by atoms with van der Waals surface area (Å²) in [5, 5.41) is 10.6. The van der Waals surface area contributed by atoms with E-state index in [1.807, 2.05) is 30.3 Å². The molecular formula is C18H22O2. The van der Waals surface area contributed by atoms with Gasteiger partial charge in [-0.15, -0.1) is 0 Å². The van der Waals surface area contributed by atoms with Crippen LogP contribution in [0.1, 0.15) is 50.0 Å². The molecule has 20 heavy (non-hydrogen) atoms. The minimum Gasteiger partial charge on any atom is -0.467 e. The second kappa shape index (κ2) is 7.11. The maximum Gasteiger partial charge on any atom is 0.133 e. The van der Waals surface area contributed by atoms with E-state index in [4.69, 9.17) is 4.42 Å². The normalized spacial score (nSPS) is 13.8. The van der Waals surface area contributed by atoms with Crippen molar-refractivity contribution in [2.45, 2.75) is 38.7 Å². The van der Waals surface area contributed by atoms with Crippen LogP contribution in [0.15, 0.2) is 64.8 Å². The molecule has 1 aromatic heterocycles. The van der Waals surface area contributed by atoms with Crippen LogP contribution in [0.2, 0.25) is 0 Å². The molecule has 106 valence electrons. The molecule has 0 bridgehead atoms. The summed E-state index contributed by atoms with van der Waals surface area (Å²) in [5.41, 5.74) is 2.46. The van der Waals surface area contributed by atoms with E-state index in [9.17, 15) is 5.11 Å². The van der Waals surface area contributed by atoms with Crippen molar-refractivity contribution >= 4 is 0 Å². The van der Waals surface area contributed by atoms with Crippen LogP contribution in [0.3, 0.4) is 0 Å². The Labute approximate surface area is 120 Å². The summed E-state index contributed by atoms with van der Waals surface area (Å²) in [6, 6.07) is 13.7. The lowest BCUT2D eigenvalue weighted by atomic mass is 9.89. The van der Waals surface area contributed by atoms with Crippen molar-refractivity contribution in [3.8, 4) is 0 Å². The van der Waals surface area contributed by atoms with Gasteiger partial charge in [-0.25, -0.2) is 0 Å². The van der Waals surface area contributed by atoms with E-state index < -0.39 is 6.10 Å². The standard InChI is InChI=1S/C18H22O2/c1-3-14(4-2)13-16(15-9-6-5-7-10-15)18(19)17-11-8-12-20-17/h5-13,16,18-19H,3-4H2,1-2H3. The first kappa shape index (κ1) is 14.6. The zero-order chi connectivity index (χ0) is 14.4. The molecule has 1 N–H and O–H groups in total. The van der Waals surface area contributed by atoms with Crippen LogP contribution < -0.4 is 0 Å². The highest BCUT2D eigenvalue weighted by atomic mass is 16.4. The molecule has 2 atom stereocenters. The van der Waals surface area contributed by atoms with Gasteiger partial charge in [-0.3, -0.25) is 0 Å². The molecule has 0 spiro atoms. The molecule has 0 aliphatic heterocycles. The average molecular weight is 270 g/mol. The molecule has 2 unspecified atom stereocenters. The molecule has 2 rings (SSSR count). The van der Waals surface area contributed by atoms with Crippen molar-refractivity contribution in [3.63, 3.8) is 0 Å². The molecule has 0 aliphatic rings. The van der Waals surface area contributed by atoms with E-state index in [-0.39, 0.29) is 5.92 Å². The van der Waals surface area contributed by atoms with E-state index in [0.29, 0.717) is 5.76 Å². The number of rotatable bonds is 6. The van der Waals surface area contributed by atoms with Crippen molar-refractivity contribution in [2.75, 3.05) is 0 Å². The fourth-order valence-corrected chi connectivity index (χ4v) is 2.42. The van der Waals surface area contributed by atoms with Gasteiger partial charge in [0.15, 0.2) is 0 Å². The van der Waals surface area contributed by atoms with Crippen LogP contribution >= 0.6 is 0 Å². The number of furan rings is 1. The smallest absolute Gasteiger partial charge is 0.133 e. The Kier molecular flexibility index (Phi) is 5.19.